The molecule has 0 spiro atoms. The number of carbonyl (C=O) groups excluding carboxylic acids is 1. The predicted molar refractivity (Wildman–Crippen MR) is 83.0 cm³/mol. The van der Waals surface area contributed by atoms with E-state index < -0.39 is 0 Å². The second-order valence-electron chi connectivity index (χ2n) is 7.35. The molecule has 4 fully saturated rings. The summed E-state index contributed by atoms with van der Waals surface area (Å²) in [5.74, 6) is 2.61. The van der Waals surface area contributed by atoms with E-state index in [0.29, 0.717) is 5.56 Å². The second-order valence-corrected chi connectivity index (χ2v) is 7.35. The van der Waals surface area contributed by atoms with Gasteiger partial charge in [0.05, 0.1) is 0 Å². The SMILES string of the molecule is O=C(N/N=C/C12CC3CC(CC(C3)C1)C2)c1ccccc1. The van der Waals surface area contributed by atoms with Crippen LogP contribution in [0.1, 0.15) is 48.9 Å². The molecular weight excluding hydrogens is 260 g/mol. The minimum atomic E-state index is -0.114. The molecule has 1 amide bonds. The molecule has 4 saturated carbocycles. The molecule has 3 heteroatoms. The van der Waals surface area contributed by atoms with Crippen LogP contribution in [0.2, 0.25) is 0 Å². The van der Waals surface area contributed by atoms with Gasteiger partial charge >= 0.3 is 0 Å². The molecule has 0 saturated heterocycles. The molecular formula is C18H22N2O. The van der Waals surface area contributed by atoms with Crippen molar-refractivity contribution in [2.75, 3.05) is 0 Å². The maximum atomic E-state index is 12.0. The van der Waals surface area contributed by atoms with E-state index in [0.717, 1.165) is 17.8 Å². The van der Waals surface area contributed by atoms with Gasteiger partial charge in [-0.05, 0) is 68.4 Å². The molecule has 0 heterocycles. The molecule has 1 N–H and O–H groups in total. The molecule has 0 radical (unpaired) electrons. The standard InChI is InChI=1S/C18H22N2O/c21-17(16-4-2-1-3-5-16)20-19-12-18-9-13-6-14(10-18)8-15(7-13)11-18/h1-5,12-15H,6-11H2,(H,20,21)/b19-12+. The Morgan fingerprint density at radius 2 is 1.62 bits per heavy atom. The maximum Gasteiger partial charge on any atom is 0.271 e. The number of hydrazone groups is 1. The van der Waals surface area contributed by atoms with Crippen molar-refractivity contribution in [3.8, 4) is 0 Å². The summed E-state index contributed by atoms with van der Waals surface area (Å²) in [5, 5.41) is 4.31. The van der Waals surface area contributed by atoms with Crippen molar-refractivity contribution in [2.24, 2.45) is 28.3 Å². The third kappa shape index (κ3) is 2.50. The van der Waals surface area contributed by atoms with Gasteiger partial charge in [0.2, 0.25) is 0 Å². The van der Waals surface area contributed by atoms with E-state index in [9.17, 15) is 4.79 Å². The number of hydrogen-bond donors (Lipinski definition) is 1. The van der Waals surface area contributed by atoms with E-state index in [1.807, 2.05) is 30.3 Å². The lowest BCUT2D eigenvalue weighted by molar-refractivity contribution is -0.00979. The van der Waals surface area contributed by atoms with E-state index in [4.69, 9.17) is 0 Å². The van der Waals surface area contributed by atoms with Crippen molar-refractivity contribution >= 4 is 12.1 Å². The van der Waals surface area contributed by atoms with Gasteiger partial charge in [-0.2, -0.15) is 5.10 Å². The van der Waals surface area contributed by atoms with Crippen molar-refractivity contribution in [1.82, 2.24) is 5.43 Å². The topological polar surface area (TPSA) is 41.5 Å². The summed E-state index contributed by atoms with van der Waals surface area (Å²) < 4.78 is 0. The van der Waals surface area contributed by atoms with Crippen LogP contribution in [0.3, 0.4) is 0 Å². The Kier molecular flexibility index (Phi) is 3.09. The first kappa shape index (κ1) is 13.1. The lowest BCUT2D eigenvalue weighted by atomic mass is 9.50. The van der Waals surface area contributed by atoms with E-state index in [2.05, 4.69) is 16.7 Å². The Bertz CT molecular complexity index is 529. The molecule has 0 aliphatic heterocycles. The minimum Gasteiger partial charge on any atom is -0.267 e. The van der Waals surface area contributed by atoms with Crippen LogP contribution in [0.15, 0.2) is 35.4 Å². The Balaban J connectivity index is 1.43. The van der Waals surface area contributed by atoms with Gasteiger partial charge in [0.25, 0.3) is 5.91 Å². The average Bonchev–Trinajstić information content (AvgIpc) is 2.46. The largest absolute Gasteiger partial charge is 0.271 e. The zero-order valence-corrected chi connectivity index (χ0v) is 12.3. The van der Waals surface area contributed by atoms with Crippen molar-refractivity contribution in [3.63, 3.8) is 0 Å². The second kappa shape index (κ2) is 4.97. The van der Waals surface area contributed by atoms with Gasteiger partial charge in [0.15, 0.2) is 0 Å². The molecule has 21 heavy (non-hydrogen) atoms. The molecule has 110 valence electrons. The van der Waals surface area contributed by atoms with E-state index in [1.54, 1.807) is 0 Å². The number of hydrogen-bond acceptors (Lipinski definition) is 2. The van der Waals surface area contributed by atoms with E-state index >= 15 is 0 Å². The summed E-state index contributed by atoms with van der Waals surface area (Å²) in [6, 6.07) is 9.29. The highest BCUT2D eigenvalue weighted by atomic mass is 16.2. The Labute approximate surface area is 125 Å². The Morgan fingerprint density at radius 3 is 2.19 bits per heavy atom. The first-order valence-electron chi connectivity index (χ1n) is 8.12. The number of carbonyl (C=O) groups is 1. The van der Waals surface area contributed by atoms with Gasteiger partial charge in [-0.1, -0.05) is 18.2 Å². The quantitative estimate of drug-likeness (QED) is 0.667. The van der Waals surface area contributed by atoms with Crippen LogP contribution in [-0.4, -0.2) is 12.1 Å². The van der Waals surface area contributed by atoms with Crippen molar-refractivity contribution in [1.29, 1.82) is 0 Å². The fourth-order valence-corrected chi connectivity index (χ4v) is 5.22. The summed E-state index contributed by atoms with van der Waals surface area (Å²) in [5.41, 5.74) is 3.65. The first-order chi connectivity index (χ1) is 10.2. The highest BCUT2D eigenvalue weighted by Gasteiger charge is 2.50. The van der Waals surface area contributed by atoms with Crippen LogP contribution in [0, 0.1) is 23.2 Å². The van der Waals surface area contributed by atoms with Crippen molar-refractivity contribution in [2.45, 2.75) is 38.5 Å². The van der Waals surface area contributed by atoms with Crippen LogP contribution < -0.4 is 5.43 Å². The van der Waals surface area contributed by atoms with Crippen LogP contribution in [-0.2, 0) is 0 Å². The highest BCUT2D eigenvalue weighted by molar-refractivity contribution is 5.94. The van der Waals surface area contributed by atoms with Crippen LogP contribution >= 0.6 is 0 Å². The van der Waals surface area contributed by atoms with Gasteiger partial charge in [-0.15, -0.1) is 0 Å². The molecule has 0 unspecified atom stereocenters. The van der Waals surface area contributed by atoms with Crippen LogP contribution in [0.4, 0.5) is 0 Å². The first-order valence-corrected chi connectivity index (χ1v) is 8.12. The summed E-state index contributed by atoms with van der Waals surface area (Å²) >= 11 is 0. The van der Waals surface area contributed by atoms with Crippen molar-refractivity contribution < 1.29 is 4.79 Å². The van der Waals surface area contributed by atoms with Gasteiger partial charge in [-0.3, -0.25) is 4.79 Å². The number of nitrogens with one attached hydrogen (secondary N) is 1. The average molecular weight is 282 g/mol. The number of rotatable bonds is 3. The van der Waals surface area contributed by atoms with Gasteiger partial charge < -0.3 is 0 Å². The molecule has 4 bridgehead atoms. The summed E-state index contributed by atoms with van der Waals surface area (Å²) in [4.78, 5) is 12.0. The molecule has 3 nitrogen and oxygen atoms in total. The van der Waals surface area contributed by atoms with Gasteiger partial charge in [-0.25, -0.2) is 5.43 Å². The predicted octanol–water partition coefficient (Wildman–Crippen LogP) is 3.62. The lowest BCUT2D eigenvalue weighted by Crippen LogP contribution is -2.47. The van der Waals surface area contributed by atoms with Gasteiger partial charge in [0.1, 0.15) is 0 Å². The number of benzene rings is 1. The summed E-state index contributed by atoms with van der Waals surface area (Å²) in [6.45, 7) is 0. The highest BCUT2D eigenvalue weighted by Crippen LogP contribution is 2.59. The van der Waals surface area contributed by atoms with E-state index in [-0.39, 0.29) is 11.3 Å². The lowest BCUT2D eigenvalue weighted by Gasteiger charge is -2.55. The molecule has 4 aliphatic carbocycles. The zero-order chi connectivity index (χ0) is 14.3. The normalized spacial score (nSPS) is 37.0. The molecule has 0 aromatic heterocycles. The monoisotopic (exact) mass is 282 g/mol. The molecule has 1 aromatic carbocycles. The minimum absolute atomic E-state index is 0.114. The number of amides is 1. The third-order valence-electron chi connectivity index (χ3n) is 5.63. The Hall–Kier alpha value is -1.64. The molecule has 0 atom stereocenters. The molecule has 4 aliphatic rings. The van der Waals surface area contributed by atoms with Crippen molar-refractivity contribution in [3.05, 3.63) is 35.9 Å². The summed E-state index contributed by atoms with van der Waals surface area (Å²) in [7, 11) is 0. The maximum absolute atomic E-state index is 12.0. The zero-order valence-electron chi connectivity index (χ0n) is 12.3. The fourth-order valence-electron chi connectivity index (χ4n) is 5.22. The molecule has 5 rings (SSSR count). The van der Waals surface area contributed by atoms with E-state index in [1.165, 1.54) is 38.5 Å². The van der Waals surface area contributed by atoms with Gasteiger partial charge in [0, 0.05) is 17.2 Å². The Morgan fingerprint density at radius 1 is 1.05 bits per heavy atom. The summed E-state index contributed by atoms with van der Waals surface area (Å²) in [6.07, 6.45) is 10.2. The van der Waals surface area contributed by atoms with Crippen LogP contribution in [0.5, 0.6) is 0 Å². The number of nitrogens with zero attached hydrogens (tertiary/aromatic N) is 1. The van der Waals surface area contributed by atoms with Crippen LogP contribution in [0.25, 0.3) is 0 Å². The third-order valence-corrected chi connectivity index (χ3v) is 5.63. The fraction of sp³-hybridized carbons (Fsp3) is 0.556. The smallest absolute Gasteiger partial charge is 0.267 e. The molecule has 1 aromatic rings.